The van der Waals surface area contributed by atoms with Crippen molar-refractivity contribution in [3.05, 3.63) is 63.1 Å². The Bertz CT molecular complexity index is 1130. The minimum absolute atomic E-state index is 0.0858. The van der Waals surface area contributed by atoms with Crippen molar-refractivity contribution in [1.82, 2.24) is 19.9 Å². The second-order valence-electron chi connectivity index (χ2n) is 7.44. The Hall–Kier alpha value is -2.81. The number of hydrogen-bond acceptors (Lipinski definition) is 5. The van der Waals surface area contributed by atoms with Gasteiger partial charge in [0.05, 0.1) is 23.3 Å². The van der Waals surface area contributed by atoms with Crippen LogP contribution in [0, 0.1) is 5.82 Å². The fraction of sp³-hybridized carbons (Fsp3) is 0.300. The molecule has 3 rings (SSSR count). The number of rotatable bonds is 3. The van der Waals surface area contributed by atoms with E-state index in [1.54, 1.807) is 46.0 Å². The molecule has 7 nitrogen and oxygen atoms in total. The molecule has 29 heavy (non-hydrogen) atoms. The second-order valence-corrected chi connectivity index (χ2v) is 8.30. The highest BCUT2D eigenvalue weighted by Gasteiger charge is 2.24. The highest BCUT2D eigenvalue weighted by molar-refractivity contribution is 9.10. The number of carbonyl (C=O) groups excluding carboxylic acids is 1. The lowest BCUT2D eigenvalue weighted by Crippen LogP contribution is -2.37. The first-order chi connectivity index (χ1) is 13.6. The number of ether oxygens (including phenoxy) is 1. The largest absolute Gasteiger partial charge is 0.444 e. The first kappa shape index (κ1) is 20.9. The molecule has 2 aromatic heterocycles. The Balaban J connectivity index is 2.21. The molecule has 3 aromatic rings. The lowest BCUT2D eigenvalue weighted by molar-refractivity contribution is 0.0505. The Morgan fingerprint density at radius 2 is 2.03 bits per heavy atom. The van der Waals surface area contributed by atoms with Gasteiger partial charge < -0.3 is 10.1 Å². The number of carbonyl (C=O) groups is 1. The monoisotopic (exact) mass is 462 g/mol. The number of alkyl carbamates (subject to hydrolysis) is 1. The van der Waals surface area contributed by atoms with E-state index in [2.05, 4.69) is 31.2 Å². The van der Waals surface area contributed by atoms with Gasteiger partial charge in [-0.2, -0.15) is 0 Å². The smallest absolute Gasteiger partial charge is 0.408 e. The molecule has 152 valence electrons. The van der Waals surface area contributed by atoms with E-state index in [1.807, 2.05) is 0 Å². The third kappa shape index (κ3) is 4.45. The van der Waals surface area contributed by atoms with Crippen LogP contribution in [0.2, 0.25) is 0 Å². The number of hydrogen-bond donors (Lipinski definition) is 1. The highest BCUT2D eigenvalue weighted by Crippen LogP contribution is 2.25. The van der Waals surface area contributed by atoms with E-state index in [9.17, 15) is 14.0 Å². The van der Waals surface area contributed by atoms with Crippen LogP contribution in [0.15, 0.2) is 45.9 Å². The molecule has 0 aliphatic carbocycles. The number of aromatic nitrogens is 3. The average Bonchev–Trinajstić information content (AvgIpc) is 2.63. The summed E-state index contributed by atoms with van der Waals surface area (Å²) in [5.41, 5.74) is -0.823. The van der Waals surface area contributed by atoms with Crippen LogP contribution in [0.1, 0.15) is 39.6 Å². The van der Waals surface area contributed by atoms with Gasteiger partial charge in [-0.1, -0.05) is 0 Å². The lowest BCUT2D eigenvalue weighted by atomic mass is 10.2. The summed E-state index contributed by atoms with van der Waals surface area (Å²) < 4.78 is 21.5. The zero-order valence-corrected chi connectivity index (χ0v) is 17.9. The molecule has 0 aliphatic rings. The van der Waals surface area contributed by atoms with Crippen LogP contribution in [0.25, 0.3) is 16.6 Å². The maximum atomic E-state index is 14.5. The maximum absolute atomic E-state index is 14.5. The van der Waals surface area contributed by atoms with Crippen LogP contribution in [0.4, 0.5) is 9.18 Å². The molecule has 0 saturated carbocycles. The van der Waals surface area contributed by atoms with Gasteiger partial charge in [-0.15, -0.1) is 0 Å². The Labute approximate surface area is 175 Å². The van der Waals surface area contributed by atoms with E-state index in [-0.39, 0.29) is 16.7 Å². The molecule has 0 fully saturated rings. The van der Waals surface area contributed by atoms with Gasteiger partial charge in [0.25, 0.3) is 5.56 Å². The normalized spacial score (nSPS) is 12.6. The quantitative estimate of drug-likeness (QED) is 0.627. The number of amides is 1. The number of nitrogens with one attached hydrogen (secondary N) is 1. The van der Waals surface area contributed by atoms with Crippen LogP contribution in [0.5, 0.6) is 0 Å². The number of halogens is 2. The molecular weight excluding hydrogens is 443 g/mol. The van der Waals surface area contributed by atoms with Crippen molar-refractivity contribution in [3.8, 4) is 5.69 Å². The van der Waals surface area contributed by atoms with Crippen LogP contribution >= 0.6 is 15.9 Å². The zero-order chi connectivity index (χ0) is 21.3. The Morgan fingerprint density at radius 3 is 2.66 bits per heavy atom. The molecule has 2 heterocycles. The third-order valence-corrected chi connectivity index (χ3v) is 4.64. The van der Waals surface area contributed by atoms with Gasteiger partial charge in [-0.05, 0) is 67.9 Å². The molecule has 9 heteroatoms. The fourth-order valence-electron chi connectivity index (χ4n) is 2.81. The van der Waals surface area contributed by atoms with Gasteiger partial charge in [0.2, 0.25) is 0 Å². The summed E-state index contributed by atoms with van der Waals surface area (Å²) >= 11 is 3.30. The maximum Gasteiger partial charge on any atom is 0.408 e. The molecule has 1 atom stereocenters. The molecule has 0 spiro atoms. The average molecular weight is 463 g/mol. The predicted molar refractivity (Wildman–Crippen MR) is 111 cm³/mol. The molecule has 0 saturated heterocycles. The molecule has 0 aliphatic heterocycles. The number of fused-ring (bicyclic) bond motifs is 1. The molecule has 0 radical (unpaired) electrons. The number of pyridine rings is 1. The van der Waals surface area contributed by atoms with Crippen molar-refractivity contribution in [1.29, 1.82) is 0 Å². The first-order valence-electron chi connectivity index (χ1n) is 8.89. The van der Waals surface area contributed by atoms with E-state index in [1.165, 1.54) is 22.9 Å². The van der Waals surface area contributed by atoms with Crippen molar-refractivity contribution in [2.75, 3.05) is 0 Å². The van der Waals surface area contributed by atoms with Crippen molar-refractivity contribution < 1.29 is 13.9 Å². The van der Waals surface area contributed by atoms with Crippen LogP contribution in [0.3, 0.4) is 0 Å². The van der Waals surface area contributed by atoms with Gasteiger partial charge >= 0.3 is 6.09 Å². The molecule has 0 bridgehead atoms. The van der Waals surface area contributed by atoms with Gasteiger partial charge in [0.1, 0.15) is 22.8 Å². The van der Waals surface area contributed by atoms with Crippen molar-refractivity contribution in [2.45, 2.75) is 39.3 Å². The van der Waals surface area contributed by atoms with Crippen molar-refractivity contribution in [3.63, 3.8) is 0 Å². The minimum atomic E-state index is -0.750. The Kier molecular flexibility index (Phi) is 5.70. The summed E-state index contributed by atoms with van der Waals surface area (Å²) in [5.74, 6) is -0.484. The van der Waals surface area contributed by atoms with Gasteiger partial charge in [-0.3, -0.25) is 14.3 Å². The number of nitrogens with zero attached hydrogens (tertiary/aromatic N) is 3. The van der Waals surface area contributed by atoms with E-state index in [0.717, 1.165) is 0 Å². The van der Waals surface area contributed by atoms with Gasteiger partial charge in [-0.25, -0.2) is 14.2 Å². The lowest BCUT2D eigenvalue weighted by Gasteiger charge is -2.23. The van der Waals surface area contributed by atoms with Crippen molar-refractivity contribution >= 4 is 32.9 Å². The SMILES string of the molecule is C[C@H](NC(=O)OC(C)(C)C)c1nc2c(F)ccc(Br)c2c(=O)n1-c1cccnc1. The van der Waals surface area contributed by atoms with Crippen LogP contribution in [-0.4, -0.2) is 26.2 Å². The summed E-state index contributed by atoms with van der Waals surface area (Å²) in [6, 6.07) is 5.28. The van der Waals surface area contributed by atoms with Gasteiger partial charge in [0, 0.05) is 10.7 Å². The Morgan fingerprint density at radius 1 is 1.31 bits per heavy atom. The molecule has 0 unspecified atom stereocenters. The summed E-state index contributed by atoms with van der Waals surface area (Å²) in [5, 5.41) is 2.75. The molecule has 1 N–H and O–H groups in total. The summed E-state index contributed by atoms with van der Waals surface area (Å²) in [7, 11) is 0. The predicted octanol–water partition coefficient (Wildman–Crippen LogP) is 4.27. The molecular formula is C20H20BrFN4O3. The molecule has 1 amide bonds. The minimum Gasteiger partial charge on any atom is -0.444 e. The van der Waals surface area contributed by atoms with Crippen molar-refractivity contribution in [2.24, 2.45) is 0 Å². The summed E-state index contributed by atoms with van der Waals surface area (Å²) in [6.07, 6.45) is 2.39. The van der Waals surface area contributed by atoms with Crippen LogP contribution < -0.4 is 10.9 Å². The third-order valence-electron chi connectivity index (χ3n) is 3.97. The van der Waals surface area contributed by atoms with E-state index in [0.29, 0.717) is 10.2 Å². The number of benzene rings is 1. The standard InChI is InChI=1S/C20H20BrFN4O3/c1-11(24-19(28)29-20(2,3)4)17-25-16-14(22)8-7-13(21)15(16)18(27)26(17)12-6-5-9-23-10-12/h5-11H,1-4H3,(H,24,28)/t11-/m0/s1. The topological polar surface area (TPSA) is 86.1 Å². The summed E-state index contributed by atoms with van der Waals surface area (Å²) in [4.78, 5) is 33.9. The molecule has 1 aromatic carbocycles. The van der Waals surface area contributed by atoms with E-state index >= 15 is 0 Å². The first-order valence-corrected chi connectivity index (χ1v) is 9.68. The zero-order valence-electron chi connectivity index (χ0n) is 16.4. The van der Waals surface area contributed by atoms with Crippen LogP contribution in [-0.2, 0) is 4.74 Å². The van der Waals surface area contributed by atoms with Gasteiger partial charge in [0.15, 0.2) is 0 Å². The second kappa shape index (κ2) is 7.90. The summed E-state index contributed by atoms with van der Waals surface area (Å²) in [6.45, 7) is 6.86. The van der Waals surface area contributed by atoms with E-state index < -0.39 is 29.1 Å². The van der Waals surface area contributed by atoms with E-state index in [4.69, 9.17) is 4.74 Å². The highest BCUT2D eigenvalue weighted by atomic mass is 79.9. The fourth-order valence-corrected chi connectivity index (χ4v) is 3.30.